The molecule has 12 heteroatoms. The number of methoxy groups -OCH3 is 1. The molecule has 0 radical (unpaired) electrons. The van der Waals surface area contributed by atoms with Crippen molar-refractivity contribution in [2.75, 3.05) is 17.3 Å². The lowest BCUT2D eigenvalue weighted by Crippen LogP contribution is -2.15. The molecule has 0 amide bonds. The molecule has 0 saturated heterocycles. The minimum Gasteiger partial charge on any atom is -0.507 e. The molecule has 0 unspecified atom stereocenters. The van der Waals surface area contributed by atoms with Gasteiger partial charge in [-0.05, 0) is 49.4 Å². The first kappa shape index (κ1) is 23.8. The number of anilines is 2. The van der Waals surface area contributed by atoms with Crippen LogP contribution < -0.4 is 14.9 Å². The lowest BCUT2D eigenvalue weighted by atomic mass is 10.1. The lowest BCUT2D eigenvalue weighted by molar-refractivity contribution is -0.385. The third-order valence-electron chi connectivity index (χ3n) is 4.50. The number of sulfonamides is 1. The average molecular weight is 491 g/mol. The van der Waals surface area contributed by atoms with E-state index in [1.54, 1.807) is 19.1 Å². The Balaban J connectivity index is 1.97. The van der Waals surface area contributed by atoms with Gasteiger partial charge in [0.15, 0.2) is 0 Å². The number of phenols is 1. The van der Waals surface area contributed by atoms with E-state index >= 15 is 0 Å². The SMILES string of the molecule is COc1ccc(C(C)=NNc2ccc([N+](=O)[O-])cc2S(=O)(=O)Nc2ccc(Cl)cc2)c(O)c1. The van der Waals surface area contributed by atoms with Gasteiger partial charge in [0.2, 0.25) is 0 Å². The number of non-ortho nitro benzene ring substituents is 1. The minimum atomic E-state index is -4.24. The largest absolute Gasteiger partial charge is 0.507 e. The standard InChI is InChI=1S/C21H19ClN4O6S/c1-13(18-9-8-17(32-2)12-20(18)27)23-24-19-10-7-16(26(28)29)11-21(19)33(30,31)25-15-5-3-14(22)4-6-15/h3-12,24-25,27H,1-2H3. The Morgan fingerprint density at radius 1 is 1.12 bits per heavy atom. The molecule has 3 aromatic carbocycles. The van der Waals surface area contributed by atoms with Crippen molar-refractivity contribution in [3.05, 3.63) is 81.4 Å². The highest BCUT2D eigenvalue weighted by Gasteiger charge is 2.23. The van der Waals surface area contributed by atoms with Crippen LogP contribution in [-0.4, -0.2) is 31.3 Å². The lowest BCUT2D eigenvalue weighted by Gasteiger charge is -2.13. The van der Waals surface area contributed by atoms with Gasteiger partial charge in [0, 0.05) is 34.5 Å². The van der Waals surface area contributed by atoms with Crippen molar-refractivity contribution < 1.29 is 23.2 Å². The van der Waals surface area contributed by atoms with Crippen LogP contribution in [0.4, 0.5) is 17.1 Å². The Hall–Kier alpha value is -3.83. The molecule has 0 fully saturated rings. The molecule has 0 spiro atoms. The van der Waals surface area contributed by atoms with E-state index in [9.17, 15) is 23.6 Å². The Kier molecular flexibility index (Phi) is 7.04. The predicted molar refractivity (Wildman–Crippen MR) is 126 cm³/mol. The van der Waals surface area contributed by atoms with Crippen molar-refractivity contribution in [3.63, 3.8) is 0 Å². The molecule has 0 aliphatic carbocycles. The summed E-state index contributed by atoms with van der Waals surface area (Å²) in [7, 11) is -2.77. The van der Waals surface area contributed by atoms with E-state index in [1.165, 1.54) is 43.5 Å². The molecular formula is C21H19ClN4O6S. The highest BCUT2D eigenvalue weighted by Crippen LogP contribution is 2.29. The van der Waals surface area contributed by atoms with Crippen LogP contribution in [-0.2, 0) is 10.0 Å². The van der Waals surface area contributed by atoms with Crippen LogP contribution in [0.3, 0.4) is 0 Å². The fourth-order valence-electron chi connectivity index (χ4n) is 2.82. The summed E-state index contributed by atoms with van der Waals surface area (Å²) in [4.78, 5) is 10.1. The molecule has 3 N–H and O–H groups in total. The number of nitrogens with one attached hydrogen (secondary N) is 2. The van der Waals surface area contributed by atoms with Crippen molar-refractivity contribution in [2.45, 2.75) is 11.8 Å². The monoisotopic (exact) mass is 490 g/mol. The maximum absolute atomic E-state index is 13.0. The fraction of sp³-hybridized carbons (Fsp3) is 0.0952. The second kappa shape index (κ2) is 9.76. The number of nitro benzene ring substituents is 1. The van der Waals surface area contributed by atoms with Crippen LogP contribution in [0.15, 0.2) is 70.7 Å². The van der Waals surface area contributed by atoms with E-state index in [0.717, 1.165) is 12.1 Å². The highest BCUT2D eigenvalue weighted by atomic mass is 35.5. The first-order valence-corrected chi connectivity index (χ1v) is 11.2. The number of halogens is 1. The Morgan fingerprint density at radius 3 is 2.42 bits per heavy atom. The molecule has 3 aromatic rings. The summed E-state index contributed by atoms with van der Waals surface area (Å²) in [6.45, 7) is 1.60. The van der Waals surface area contributed by atoms with Crippen molar-refractivity contribution in [1.29, 1.82) is 0 Å². The Morgan fingerprint density at radius 2 is 1.82 bits per heavy atom. The molecule has 0 saturated carbocycles. The summed E-state index contributed by atoms with van der Waals surface area (Å²) >= 11 is 5.83. The van der Waals surface area contributed by atoms with Crippen LogP contribution >= 0.6 is 11.6 Å². The topological polar surface area (TPSA) is 143 Å². The summed E-state index contributed by atoms with van der Waals surface area (Å²) in [6.07, 6.45) is 0. The van der Waals surface area contributed by atoms with Gasteiger partial charge in [-0.2, -0.15) is 5.10 Å². The Bertz CT molecular complexity index is 1330. The number of nitrogens with zero attached hydrogens (tertiary/aromatic N) is 2. The van der Waals surface area contributed by atoms with Crippen molar-refractivity contribution in [1.82, 2.24) is 0 Å². The van der Waals surface area contributed by atoms with E-state index in [0.29, 0.717) is 22.0 Å². The number of phenolic OH excluding ortho intramolecular Hbond substituents is 1. The van der Waals surface area contributed by atoms with Crippen LogP contribution in [0.1, 0.15) is 12.5 Å². The number of nitro groups is 1. The quantitative estimate of drug-likeness (QED) is 0.238. The summed E-state index contributed by atoms with van der Waals surface area (Å²) in [5.41, 5.74) is 3.14. The van der Waals surface area contributed by atoms with Crippen LogP contribution in [0, 0.1) is 10.1 Å². The zero-order valence-corrected chi connectivity index (χ0v) is 19.0. The normalized spacial score (nSPS) is 11.7. The molecule has 10 nitrogen and oxygen atoms in total. The molecule has 0 aliphatic heterocycles. The number of benzene rings is 3. The molecule has 0 atom stereocenters. The third-order valence-corrected chi connectivity index (χ3v) is 6.17. The number of hydrazone groups is 1. The zero-order chi connectivity index (χ0) is 24.2. The average Bonchev–Trinajstić information content (AvgIpc) is 2.78. The Labute approximate surface area is 194 Å². The summed E-state index contributed by atoms with van der Waals surface area (Å²) in [6, 6.07) is 13.9. The number of aromatic hydroxyl groups is 1. The van der Waals surface area contributed by atoms with E-state index in [2.05, 4.69) is 15.2 Å². The van der Waals surface area contributed by atoms with Crippen LogP contribution in [0.5, 0.6) is 11.5 Å². The molecule has 0 bridgehead atoms. The predicted octanol–water partition coefficient (Wildman–Crippen LogP) is 4.60. The first-order chi connectivity index (χ1) is 15.6. The molecule has 0 aliphatic rings. The van der Waals surface area contributed by atoms with Gasteiger partial charge >= 0.3 is 0 Å². The number of ether oxygens (including phenoxy) is 1. The van der Waals surface area contributed by atoms with Gasteiger partial charge in [-0.3, -0.25) is 20.3 Å². The number of rotatable bonds is 8. The number of hydrogen-bond donors (Lipinski definition) is 3. The molecule has 172 valence electrons. The van der Waals surface area contributed by atoms with Crippen molar-refractivity contribution >= 4 is 44.4 Å². The smallest absolute Gasteiger partial charge is 0.270 e. The van der Waals surface area contributed by atoms with E-state index in [4.69, 9.17) is 16.3 Å². The first-order valence-electron chi connectivity index (χ1n) is 9.35. The van der Waals surface area contributed by atoms with E-state index in [-0.39, 0.29) is 22.0 Å². The van der Waals surface area contributed by atoms with Gasteiger partial charge in [-0.15, -0.1) is 0 Å². The van der Waals surface area contributed by atoms with Gasteiger partial charge in [0.05, 0.1) is 23.4 Å². The zero-order valence-electron chi connectivity index (χ0n) is 17.4. The highest BCUT2D eigenvalue weighted by molar-refractivity contribution is 7.92. The molecule has 3 rings (SSSR count). The second-order valence-electron chi connectivity index (χ2n) is 6.74. The van der Waals surface area contributed by atoms with Gasteiger partial charge in [0.25, 0.3) is 15.7 Å². The second-order valence-corrected chi connectivity index (χ2v) is 8.83. The maximum Gasteiger partial charge on any atom is 0.270 e. The number of hydrogen-bond acceptors (Lipinski definition) is 8. The molecule has 33 heavy (non-hydrogen) atoms. The third kappa shape index (κ3) is 5.70. The van der Waals surface area contributed by atoms with E-state index in [1.807, 2.05) is 0 Å². The molecular weight excluding hydrogens is 472 g/mol. The fourth-order valence-corrected chi connectivity index (χ4v) is 4.18. The summed E-state index contributed by atoms with van der Waals surface area (Å²) in [5, 5.41) is 25.9. The maximum atomic E-state index is 13.0. The summed E-state index contributed by atoms with van der Waals surface area (Å²) in [5.74, 6) is 0.368. The van der Waals surface area contributed by atoms with Gasteiger partial charge in [-0.1, -0.05) is 11.6 Å². The van der Waals surface area contributed by atoms with Crippen LogP contribution in [0.2, 0.25) is 5.02 Å². The summed E-state index contributed by atoms with van der Waals surface area (Å²) < 4.78 is 33.4. The van der Waals surface area contributed by atoms with Gasteiger partial charge < -0.3 is 9.84 Å². The van der Waals surface area contributed by atoms with Gasteiger partial charge in [-0.25, -0.2) is 8.42 Å². The van der Waals surface area contributed by atoms with Gasteiger partial charge in [0.1, 0.15) is 16.4 Å². The van der Waals surface area contributed by atoms with E-state index < -0.39 is 20.6 Å². The molecule has 0 heterocycles. The minimum absolute atomic E-state index is 0.00517. The van der Waals surface area contributed by atoms with Crippen molar-refractivity contribution in [3.8, 4) is 11.5 Å². The van der Waals surface area contributed by atoms with Crippen LogP contribution in [0.25, 0.3) is 0 Å². The molecule has 0 aromatic heterocycles. The van der Waals surface area contributed by atoms with Crippen molar-refractivity contribution in [2.24, 2.45) is 5.10 Å².